The van der Waals surface area contributed by atoms with Crippen LogP contribution in [0.4, 0.5) is 0 Å². The van der Waals surface area contributed by atoms with Crippen LogP contribution in [0.25, 0.3) is 0 Å². The van der Waals surface area contributed by atoms with Crippen LogP contribution >= 0.6 is 0 Å². The second-order valence-electron chi connectivity index (χ2n) is 3.97. The number of ether oxygens (including phenoxy) is 2. The second kappa shape index (κ2) is 3.61. The summed E-state index contributed by atoms with van der Waals surface area (Å²) in [6, 6.07) is 0. The van der Waals surface area contributed by atoms with E-state index in [1.807, 2.05) is 0 Å². The average Bonchev–Trinajstić information content (AvgIpc) is 2.67. The first-order chi connectivity index (χ1) is 6.74. The molecule has 0 unspecified atom stereocenters. The van der Waals surface area contributed by atoms with E-state index in [4.69, 9.17) is 9.47 Å². The average molecular weight is 196 g/mol. The van der Waals surface area contributed by atoms with Crippen molar-refractivity contribution in [3.8, 4) is 5.88 Å². The third-order valence-corrected chi connectivity index (χ3v) is 2.94. The van der Waals surface area contributed by atoms with Crippen LogP contribution in [0.5, 0.6) is 5.88 Å². The van der Waals surface area contributed by atoms with E-state index in [9.17, 15) is 0 Å². The highest BCUT2D eigenvalue weighted by Crippen LogP contribution is 2.32. The van der Waals surface area contributed by atoms with Gasteiger partial charge in [-0.3, -0.25) is 0 Å². The molecule has 14 heavy (non-hydrogen) atoms. The molecule has 1 aliphatic rings. The Kier molecular flexibility index (Phi) is 2.46. The van der Waals surface area contributed by atoms with E-state index in [1.54, 1.807) is 13.3 Å². The summed E-state index contributed by atoms with van der Waals surface area (Å²) in [6.45, 7) is 3.85. The molecule has 1 saturated heterocycles. The number of nitrogens with one attached hydrogen (secondary N) is 1. The van der Waals surface area contributed by atoms with Crippen LogP contribution in [0.3, 0.4) is 0 Å². The van der Waals surface area contributed by atoms with Gasteiger partial charge in [0, 0.05) is 18.6 Å². The zero-order valence-corrected chi connectivity index (χ0v) is 8.67. The fraction of sp³-hybridized carbons (Fsp3) is 0.700. The highest BCUT2D eigenvalue weighted by molar-refractivity contribution is 5.15. The van der Waals surface area contributed by atoms with Gasteiger partial charge in [0.1, 0.15) is 5.82 Å². The summed E-state index contributed by atoms with van der Waals surface area (Å²) < 4.78 is 10.4. The molecule has 0 bridgehead atoms. The Labute approximate surface area is 83.6 Å². The number of hydrogen-bond acceptors (Lipinski definition) is 3. The molecule has 1 aromatic rings. The van der Waals surface area contributed by atoms with Crippen molar-refractivity contribution in [2.45, 2.75) is 25.2 Å². The maximum absolute atomic E-state index is 5.35. The molecule has 0 aromatic carbocycles. The molecule has 0 aliphatic carbocycles. The van der Waals surface area contributed by atoms with Crippen molar-refractivity contribution in [1.82, 2.24) is 9.97 Å². The molecule has 0 atom stereocenters. The quantitative estimate of drug-likeness (QED) is 0.779. The monoisotopic (exact) mass is 196 g/mol. The molecule has 4 heteroatoms. The lowest BCUT2D eigenvalue weighted by Crippen LogP contribution is -2.31. The lowest BCUT2D eigenvalue weighted by Gasteiger charge is -2.31. The van der Waals surface area contributed by atoms with Crippen molar-refractivity contribution in [2.24, 2.45) is 0 Å². The summed E-state index contributed by atoms with van der Waals surface area (Å²) in [4.78, 5) is 7.53. The summed E-state index contributed by atoms with van der Waals surface area (Å²) in [6.07, 6.45) is 3.77. The van der Waals surface area contributed by atoms with Crippen molar-refractivity contribution in [2.75, 3.05) is 20.3 Å². The maximum Gasteiger partial charge on any atom is 0.210 e. The fourth-order valence-electron chi connectivity index (χ4n) is 1.77. The molecule has 1 fully saturated rings. The van der Waals surface area contributed by atoms with Crippen molar-refractivity contribution in [3.63, 3.8) is 0 Å². The zero-order valence-electron chi connectivity index (χ0n) is 8.67. The van der Waals surface area contributed by atoms with Crippen LogP contribution in [-0.4, -0.2) is 30.3 Å². The van der Waals surface area contributed by atoms with Crippen molar-refractivity contribution in [3.05, 3.63) is 12.0 Å². The van der Waals surface area contributed by atoms with Crippen molar-refractivity contribution in [1.29, 1.82) is 0 Å². The van der Waals surface area contributed by atoms with Crippen LogP contribution in [0.15, 0.2) is 6.20 Å². The van der Waals surface area contributed by atoms with Gasteiger partial charge in [-0.15, -0.1) is 0 Å². The minimum atomic E-state index is 0.120. The van der Waals surface area contributed by atoms with Crippen LogP contribution < -0.4 is 4.74 Å². The largest absolute Gasteiger partial charge is 0.481 e. The van der Waals surface area contributed by atoms with Crippen molar-refractivity contribution < 1.29 is 9.47 Å². The lowest BCUT2D eigenvalue weighted by molar-refractivity contribution is 0.0537. The number of nitrogens with zero attached hydrogens (tertiary/aromatic N) is 1. The van der Waals surface area contributed by atoms with Gasteiger partial charge in [0.05, 0.1) is 13.3 Å². The summed E-state index contributed by atoms with van der Waals surface area (Å²) in [5, 5.41) is 0. The molecule has 78 valence electrons. The summed E-state index contributed by atoms with van der Waals surface area (Å²) in [7, 11) is 1.64. The number of hydrogen-bond donors (Lipinski definition) is 1. The molecule has 2 rings (SSSR count). The van der Waals surface area contributed by atoms with E-state index in [-0.39, 0.29) is 5.41 Å². The predicted molar refractivity (Wildman–Crippen MR) is 52.5 cm³/mol. The Morgan fingerprint density at radius 1 is 1.50 bits per heavy atom. The summed E-state index contributed by atoms with van der Waals surface area (Å²) >= 11 is 0. The Balaban J connectivity index is 2.19. The minimum Gasteiger partial charge on any atom is -0.481 e. The molecular weight excluding hydrogens is 180 g/mol. The molecule has 2 heterocycles. The summed E-state index contributed by atoms with van der Waals surface area (Å²) in [5.74, 6) is 1.74. The number of rotatable bonds is 2. The molecular formula is C10H16N2O2. The Morgan fingerprint density at radius 3 is 2.79 bits per heavy atom. The van der Waals surface area contributed by atoms with E-state index in [0.29, 0.717) is 0 Å². The number of aromatic amines is 1. The molecule has 0 radical (unpaired) electrons. The number of methoxy groups -OCH3 is 1. The molecule has 1 aliphatic heterocycles. The third kappa shape index (κ3) is 1.62. The van der Waals surface area contributed by atoms with Crippen LogP contribution in [0.1, 0.15) is 25.6 Å². The van der Waals surface area contributed by atoms with Crippen LogP contribution in [-0.2, 0) is 10.2 Å². The van der Waals surface area contributed by atoms with Gasteiger partial charge in [0.2, 0.25) is 5.88 Å². The summed E-state index contributed by atoms with van der Waals surface area (Å²) in [5.41, 5.74) is 0.120. The van der Waals surface area contributed by atoms with E-state index in [0.717, 1.165) is 37.8 Å². The predicted octanol–water partition coefficient (Wildman–Crippen LogP) is 1.49. The molecule has 0 saturated carbocycles. The van der Waals surface area contributed by atoms with E-state index < -0.39 is 0 Å². The lowest BCUT2D eigenvalue weighted by atomic mass is 9.82. The molecule has 0 spiro atoms. The first-order valence-electron chi connectivity index (χ1n) is 4.92. The fourth-order valence-corrected chi connectivity index (χ4v) is 1.77. The number of aromatic nitrogens is 2. The van der Waals surface area contributed by atoms with Gasteiger partial charge >= 0.3 is 0 Å². The molecule has 1 N–H and O–H groups in total. The first kappa shape index (κ1) is 9.52. The van der Waals surface area contributed by atoms with Crippen LogP contribution in [0.2, 0.25) is 0 Å². The number of imidazole rings is 1. The highest BCUT2D eigenvalue weighted by atomic mass is 16.5. The van der Waals surface area contributed by atoms with Gasteiger partial charge < -0.3 is 14.5 Å². The highest BCUT2D eigenvalue weighted by Gasteiger charge is 2.32. The normalized spacial score (nSPS) is 20.7. The van der Waals surface area contributed by atoms with Crippen LogP contribution in [0, 0.1) is 0 Å². The van der Waals surface area contributed by atoms with Gasteiger partial charge in [-0.1, -0.05) is 6.92 Å². The second-order valence-corrected chi connectivity index (χ2v) is 3.97. The minimum absolute atomic E-state index is 0.120. The van der Waals surface area contributed by atoms with E-state index in [1.165, 1.54) is 0 Å². The Bertz CT molecular complexity index is 303. The van der Waals surface area contributed by atoms with Gasteiger partial charge in [0.15, 0.2) is 0 Å². The Morgan fingerprint density at radius 2 is 2.21 bits per heavy atom. The SMILES string of the molecule is COc1cnc(C2(C)CCOCC2)[nH]1. The zero-order chi connectivity index (χ0) is 10.0. The van der Waals surface area contributed by atoms with E-state index >= 15 is 0 Å². The molecule has 1 aromatic heterocycles. The van der Waals surface area contributed by atoms with Crippen molar-refractivity contribution >= 4 is 0 Å². The first-order valence-corrected chi connectivity index (χ1v) is 4.92. The maximum atomic E-state index is 5.35. The Hall–Kier alpha value is -1.03. The molecule has 0 amide bonds. The van der Waals surface area contributed by atoms with Gasteiger partial charge in [-0.05, 0) is 12.8 Å². The standard InChI is InChI=1S/C10H16N2O2/c1-10(3-5-14-6-4-10)9-11-7-8(12-9)13-2/h7H,3-6H2,1-2H3,(H,11,12). The number of H-pyrrole nitrogens is 1. The van der Waals surface area contributed by atoms with E-state index in [2.05, 4.69) is 16.9 Å². The smallest absolute Gasteiger partial charge is 0.210 e. The van der Waals surface area contributed by atoms with Gasteiger partial charge in [0.25, 0.3) is 0 Å². The van der Waals surface area contributed by atoms with Gasteiger partial charge in [-0.25, -0.2) is 4.98 Å². The van der Waals surface area contributed by atoms with Gasteiger partial charge in [-0.2, -0.15) is 0 Å². The molecule has 4 nitrogen and oxygen atoms in total. The topological polar surface area (TPSA) is 47.1 Å². The third-order valence-electron chi connectivity index (χ3n) is 2.94.